The first-order valence-electron chi connectivity index (χ1n) is 7.22. The highest BCUT2D eigenvalue weighted by atomic mass is 16.5. The van der Waals surface area contributed by atoms with Crippen LogP contribution in [-0.2, 0) is 20.7 Å². The number of amides is 1. The average molecular weight is 290 g/mol. The number of rotatable bonds is 3. The van der Waals surface area contributed by atoms with Gasteiger partial charge < -0.3 is 15.4 Å². The normalized spacial score (nSPS) is 15.8. The molecule has 0 unspecified atom stereocenters. The van der Waals surface area contributed by atoms with Gasteiger partial charge in [0.1, 0.15) is 0 Å². The molecule has 2 N–H and O–H groups in total. The number of hydrogen-bond acceptors (Lipinski definition) is 4. The topological polar surface area (TPSA) is 72.6 Å². The molecule has 0 atom stereocenters. The molecule has 0 aliphatic carbocycles. The minimum Gasteiger partial charge on any atom is -0.469 e. The van der Waals surface area contributed by atoms with Crippen LogP contribution in [-0.4, -0.2) is 37.0 Å². The van der Waals surface area contributed by atoms with Gasteiger partial charge >= 0.3 is 5.97 Å². The van der Waals surface area contributed by atoms with Gasteiger partial charge in [0.05, 0.1) is 13.5 Å². The number of ether oxygens (including phenoxy) is 1. The predicted molar refractivity (Wildman–Crippen MR) is 80.8 cm³/mol. The number of nitrogen functional groups attached to an aromatic ring is 1. The zero-order valence-electron chi connectivity index (χ0n) is 12.6. The molecule has 1 aliphatic rings. The number of piperidine rings is 1. The van der Waals surface area contributed by atoms with Crippen molar-refractivity contribution in [3.05, 3.63) is 29.3 Å². The van der Waals surface area contributed by atoms with Gasteiger partial charge in [0.25, 0.3) is 0 Å². The molecule has 5 nitrogen and oxygen atoms in total. The third kappa shape index (κ3) is 3.74. The van der Waals surface area contributed by atoms with E-state index in [1.165, 1.54) is 12.7 Å². The van der Waals surface area contributed by atoms with E-state index in [1.807, 2.05) is 23.1 Å². The maximum atomic E-state index is 11.3. The summed E-state index contributed by atoms with van der Waals surface area (Å²) < 4.78 is 4.66. The maximum absolute atomic E-state index is 11.3. The number of hydrogen-bond donors (Lipinski definition) is 1. The molecule has 1 amide bonds. The van der Waals surface area contributed by atoms with Crippen LogP contribution >= 0.6 is 0 Å². The van der Waals surface area contributed by atoms with Crippen molar-refractivity contribution in [3.63, 3.8) is 0 Å². The van der Waals surface area contributed by atoms with Gasteiger partial charge in [-0.3, -0.25) is 9.59 Å². The molecule has 2 rings (SSSR count). The number of benzene rings is 1. The molecule has 5 heteroatoms. The summed E-state index contributed by atoms with van der Waals surface area (Å²) in [6, 6.07) is 5.88. The Bertz CT molecular complexity index is 534. The van der Waals surface area contributed by atoms with Crippen molar-refractivity contribution in [2.45, 2.75) is 32.1 Å². The summed E-state index contributed by atoms with van der Waals surface area (Å²) >= 11 is 0. The molecule has 0 saturated carbocycles. The summed E-state index contributed by atoms with van der Waals surface area (Å²) in [5, 5.41) is 0. The van der Waals surface area contributed by atoms with Crippen molar-refractivity contribution < 1.29 is 14.3 Å². The van der Waals surface area contributed by atoms with E-state index in [0.29, 0.717) is 11.6 Å². The fourth-order valence-electron chi connectivity index (χ4n) is 2.78. The zero-order chi connectivity index (χ0) is 15.4. The number of nitrogens with two attached hydrogens (primary N) is 1. The zero-order valence-corrected chi connectivity index (χ0v) is 12.6. The lowest BCUT2D eigenvalue weighted by molar-refractivity contribution is -0.139. The van der Waals surface area contributed by atoms with Crippen molar-refractivity contribution in [3.8, 4) is 0 Å². The van der Waals surface area contributed by atoms with Crippen LogP contribution in [0.1, 0.15) is 36.8 Å². The van der Waals surface area contributed by atoms with E-state index < -0.39 is 0 Å². The van der Waals surface area contributed by atoms with Crippen LogP contribution in [0.25, 0.3) is 0 Å². The van der Waals surface area contributed by atoms with Gasteiger partial charge in [-0.15, -0.1) is 0 Å². The Morgan fingerprint density at radius 1 is 1.33 bits per heavy atom. The van der Waals surface area contributed by atoms with Gasteiger partial charge in [0.2, 0.25) is 5.91 Å². The SMILES string of the molecule is COC(=O)Cc1ccc(C2CCN(C(C)=O)CC2)cc1N. The molecule has 0 aromatic heterocycles. The van der Waals surface area contributed by atoms with E-state index in [1.54, 1.807) is 6.92 Å². The van der Waals surface area contributed by atoms with Crippen LogP contribution < -0.4 is 5.73 Å². The lowest BCUT2D eigenvalue weighted by Crippen LogP contribution is -2.36. The molecule has 0 radical (unpaired) electrons. The van der Waals surface area contributed by atoms with Crippen LogP contribution in [0.4, 0.5) is 5.69 Å². The van der Waals surface area contributed by atoms with Crippen molar-refractivity contribution in [1.29, 1.82) is 0 Å². The Morgan fingerprint density at radius 2 is 2.00 bits per heavy atom. The van der Waals surface area contributed by atoms with Gasteiger partial charge in [-0.05, 0) is 36.0 Å². The summed E-state index contributed by atoms with van der Waals surface area (Å²) in [6.07, 6.45) is 2.11. The minimum atomic E-state index is -0.288. The fourth-order valence-corrected chi connectivity index (χ4v) is 2.78. The maximum Gasteiger partial charge on any atom is 0.310 e. The molecule has 1 aliphatic heterocycles. The summed E-state index contributed by atoms with van der Waals surface area (Å²) in [5.74, 6) is 0.278. The smallest absolute Gasteiger partial charge is 0.310 e. The number of carbonyl (C=O) groups excluding carboxylic acids is 2. The molecule has 0 bridgehead atoms. The molecular weight excluding hydrogens is 268 g/mol. The lowest BCUT2D eigenvalue weighted by Gasteiger charge is -2.31. The third-order valence-electron chi connectivity index (χ3n) is 4.14. The molecule has 1 fully saturated rings. The summed E-state index contributed by atoms with van der Waals surface area (Å²) in [6.45, 7) is 3.20. The number of esters is 1. The highest BCUT2D eigenvalue weighted by molar-refractivity contribution is 5.75. The largest absolute Gasteiger partial charge is 0.469 e. The third-order valence-corrected chi connectivity index (χ3v) is 4.14. The van der Waals surface area contributed by atoms with E-state index in [-0.39, 0.29) is 18.3 Å². The van der Waals surface area contributed by atoms with E-state index in [4.69, 9.17) is 5.73 Å². The second-order valence-electron chi connectivity index (χ2n) is 5.49. The lowest BCUT2D eigenvalue weighted by atomic mass is 9.88. The standard InChI is InChI=1S/C16H22N2O3/c1-11(19)18-7-5-12(6-8-18)13-3-4-14(15(17)9-13)10-16(20)21-2/h3-4,9,12H,5-8,10,17H2,1-2H3. The van der Waals surface area contributed by atoms with Gasteiger partial charge in [0, 0.05) is 25.7 Å². The molecule has 0 spiro atoms. The number of nitrogens with zero attached hydrogens (tertiary/aromatic N) is 1. The Hall–Kier alpha value is -2.04. The molecule has 1 aromatic carbocycles. The Balaban J connectivity index is 2.04. The highest BCUT2D eigenvalue weighted by Crippen LogP contribution is 2.30. The number of anilines is 1. The highest BCUT2D eigenvalue weighted by Gasteiger charge is 2.22. The number of carbonyl (C=O) groups is 2. The predicted octanol–water partition coefficient (Wildman–Crippen LogP) is 1.71. The number of likely N-dealkylation sites (tertiary alicyclic amines) is 1. The summed E-state index contributed by atoms with van der Waals surface area (Å²) in [7, 11) is 1.37. The molecule has 1 heterocycles. The molecule has 1 aromatic rings. The van der Waals surface area contributed by atoms with Crippen molar-refractivity contribution in [1.82, 2.24) is 4.90 Å². The summed E-state index contributed by atoms with van der Waals surface area (Å²) in [4.78, 5) is 24.5. The van der Waals surface area contributed by atoms with E-state index >= 15 is 0 Å². The van der Waals surface area contributed by atoms with Crippen molar-refractivity contribution in [2.24, 2.45) is 0 Å². The molecule has 21 heavy (non-hydrogen) atoms. The number of methoxy groups -OCH3 is 1. The van der Waals surface area contributed by atoms with E-state index in [0.717, 1.165) is 31.5 Å². The van der Waals surface area contributed by atoms with E-state index in [2.05, 4.69) is 4.74 Å². The monoisotopic (exact) mass is 290 g/mol. The fraction of sp³-hybridized carbons (Fsp3) is 0.500. The van der Waals surface area contributed by atoms with Crippen molar-refractivity contribution in [2.75, 3.05) is 25.9 Å². The Labute approximate surface area is 125 Å². The quantitative estimate of drug-likeness (QED) is 0.679. The average Bonchev–Trinajstić information content (AvgIpc) is 2.49. The summed E-state index contributed by atoms with van der Waals surface area (Å²) in [5.41, 5.74) is 8.65. The second kappa shape index (κ2) is 6.61. The van der Waals surface area contributed by atoms with Crippen molar-refractivity contribution >= 4 is 17.6 Å². The van der Waals surface area contributed by atoms with Gasteiger partial charge in [-0.1, -0.05) is 12.1 Å². The first-order valence-corrected chi connectivity index (χ1v) is 7.22. The molecule has 1 saturated heterocycles. The Kier molecular flexibility index (Phi) is 4.83. The van der Waals surface area contributed by atoms with Gasteiger partial charge in [0.15, 0.2) is 0 Å². The van der Waals surface area contributed by atoms with Crippen LogP contribution in [0.2, 0.25) is 0 Å². The van der Waals surface area contributed by atoms with Crippen LogP contribution in [0.5, 0.6) is 0 Å². The van der Waals surface area contributed by atoms with Gasteiger partial charge in [-0.2, -0.15) is 0 Å². The van der Waals surface area contributed by atoms with E-state index in [9.17, 15) is 9.59 Å². The molecular formula is C16H22N2O3. The molecule has 114 valence electrons. The van der Waals surface area contributed by atoms with Crippen LogP contribution in [0, 0.1) is 0 Å². The van der Waals surface area contributed by atoms with Gasteiger partial charge in [-0.25, -0.2) is 0 Å². The second-order valence-corrected chi connectivity index (χ2v) is 5.49. The van der Waals surface area contributed by atoms with Crippen LogP contribution in [0.3, 0.4) is 0 Å². The minimum absolute atomic E-state index is 0.140. The first-order chi connectivity index (χ1) is 10.0. The Morgan fingerprint density at radius 3 is 2.52 bits per heavy atom. The first kappa shape index (κ1) is 15.4. The van der Waals surface area contributed by atoms with Crippen LogP contribution in [0.15, 0.2) is 18.2 Å².